The molecule has 1 amide bonds. The van der Waals surface area contributed by atoms with E-state index in [1.807, 2.05) is 29.0 Å². The van der Waals surface area contributed by atoms with Crippen LogP contribution in [0, 0.1) is 18.7 Å². The lowest BCUT2D eigenvalue weighted by Gasteiger charge is -2.33. The topological polar surface area (TPSA) is 86.6 Å². The molecule has 0 radical (unpaired) electrons. The van der Waals surface area contributed by atoms with Crippen LogP contribution in [0.1, 0.15) is 53.6 Å². The molecular formula is C31H37FN4O3. The predicted molar refractivity (Wildman–Crippen MR) is 150 cm³/mol. The third kappa shape index (κ3) is 5.78. The van der Waals surface area contributed by atoms with Crippen molar-refractivity contribution in [1.29, 1.82) is 0 Å². The molecule has 2 aromatic carbocycles. The van der Waals surface area contributed by atoms with E-state index in [1.165, 1.54) is 6.07 Å². The maximum atomic E-state index is 15.0. The lowest BCUT2D eigenvalue weighted by molar-refractivity contribution is 0.0950. The second kappa shape index (κ2) is 10.8. The van der Waals surface area contributed by atoms with Gasteiger partial charge in [-0.05, 0) is 96.9 Å². The summed E-state index contributed by atoms with van der Waals surface area (Å²) in [6.07, 6.45) is 6.98. The first kappa shape index (κ1) is 26.2. The molecule has 6 rings (SSSR count). The van der Waals surface area contributed by atoms with Gasteiger partial charge in [-0.3, -0.25) is 14.5 Å². The summed E-state index contributed by atoms with van der Waals surface area (Å²) in [5, 5.41) is 17.4. The van der Waals surface area contributed by atoms with Gasteiger partial charge in [-0.2, -0.15) is 0 Å². The van der Waals surface area contributed by atoms with Crippen molar-refractivity contribution in [3.05, 3.63) is 69.4 Å². The highest BCUT2D eigenvalue weighted by Crippen LogP contribution is 2.33. The van der Waals surface area contributed by atoms with E-state index in [2.05, 4.69) is 15.5 Å². The summed E-state index contributed by atoms with van der Waals surface area (Å²) < 4.78 is 16.9. The molecule has 2 heterocycles. The number of aromatic nitrogens is 1. The largest absolute Gasteiger partial charge is 0.396 e. The Morgan fingerprint density at radius 1 is 1.15 bits per heavy atom. The fourth-order valence-electron chi connectivity index (χ4n) is 5.71. The molecule has 0 bridgehead atoms. The maximum absolute atomic E-state index is 15.0. The molecular weight excluding hydrogens is 495 g/mol. The molecule has 1 aromatic heterocycles. The highest BCUT2D eigenvalue weighted by molar-refractivity contribution is 5.97. The minimum absolute atomic E-state index is 0.00568. The Morgan fingerprint density at radius 3 is 2.72 bits per heavy atom. The molecule has 3 aliphatic rings. The van der Waals surface area contributed by atoms with Crippen LogP contribution in [0.4, 0.5) is 4.39 Å². The lowest BCUT2D eigenvalue weighted by atomic mass is 9.94. The van der Waals surface area contributed by atoms with E-state index < -0.39 is 5.82 Å². The Labute approximate surface area is 228 Å². The van der Waals surface area contributed by atoms with E-state index in [4.69, 9.17) is 0 Å². The molecule has 1 saturated heterocycles. The summed E-state index contributed by atoms with van der Waals surface area (Å²) in [4.78, 5) is 28.6. The van der Waals surface area contributed by atoms with E-state index in [0.29, 0.717) is 41.0 Å². The second-order valence-corrected chi connectivity index (χ2v) is 11.6. The van der Waals surface area contributed by atoms with Gasteiger partial charge in [0, 0.05) is 68.6 Å². The molecule has 3 fully saturated rings. The molecule has 3 aromatic rings. The van der Waals surface area contributed by atoms with Crippen molar-refractivity contribution in [3.8, 4) is 11.1 Å². The molecule has 39 heavy (non-hydrogen) atoms. The van der Waals surface area contributed by atoms with Crippen LogP contribution < -0.4 is 16.2 Å². The zero-order chi connectivity index (χ0) is 27.1. The fourth-order valence-corrected chi connectivity index (χ4v) is 5.71. The zero-order valence-corrected chi connectivity index (χ0v) is 22.5. The first-order valence-electron chi connectivity index (χ1n) is 14.2. The van der Waals surface area contributed by atoms with Crippen LogP contribution in [0.15, 0.2) is 41.3 Å². The number of piperazine rings is 1. The minimum atomic E-state index is -0.413. The van der Waals surface area contributed by atoms with Gasteiger partial charge in [0.1, 0.15) is 5.82 Å². The van der Waals surface area contributed by atoms with E-state index in [9.17, 15) is 14.7 Å². The number of hydrogen-bond acceptors (Lipinski definition) is 5. The average molecular weight is 533 g/mol. The van der Waals surface area contributed by atoms with Crippen molar-refractivity contribution in [1.82, 2.24) is 20.1 Å². The third-order valence-corrected chi connectivity index (χ3v) is 8.36. The first-order valence-corrected chi connectivity index (χ1v) is 14.2. The molecule has 0 spiro atoms. The van der Waals surface area contributed by atoms with Gasteiger partial charge in [-0.15, -0.1) is 0 Å². The summed E-state index contributed by atoms with van der Waals surface area (Å²) in [5.74, 6) is -0.0989. The molecule has 3 N–H and O–H groups in total. The van der Waals surface area contributed by atoms with Crippen molar-refractivity contribution < 1.29 is 14.3 Å². The van der Waals surface area contributed by atoms with Crippen molar-refractivity contribution in [3.63, 3.8) is 0 Å². The SMILES string of the molecule is Cc1c(F)cc(C(=O)NC2CC2)cc1-c1ccc2c(=O)n(CC3CC3)cc(CN3CCNC(CCO)C3)c2c1. The van der Waals surface area contributed by atoms with Gasteiger partial charge in [0.2, 0.25) is 0 Å². The predicted octanol–water partition coefficient (Wildman–Crippen LogP) is 3.57. The normalized spacial score (nSPS) is 19.9. The standard InChI is InChI=1S/C31H37FN4O3/c1-19-27(13-22(14-29(19)32)30(38)34-24-5-6-24)21-4-7-26-28(12-21)23(17-36(31(26)39)15-20-2-3-20)16-35-10-9-33-25(18-35)8-11-37/h4,7,12-14,17,20,24-25,33,37H,2-3,5-6,8-11,15-16,18H2,1H3,(H,34,38). The Hall–Kier alpha value is -3.07. The van der Waals surface area contributed by atoms with Crippen molar-refractivity contribution in [2.24, 2.45) is 5.92 Å². The smallest absolute Gasteiger partial charge is 0.258 e. The van der Waals surface area contributed by atoms with Crippen molar-refractivity contribution in [2.75, 3.05) is 26.2 Å². The number of halogens is 1. The quantitative estimate of drug-likeness (QED) is 0.392. The Kier molecular flexibility index (Phi) is 7.27. The van der Waals surface area contributed by atoms with Gasteiger partial charge < -0.3 is 20.3 Å². The Bertz CT molecular complexity index is 1460. The van der Waals surface area contributed by atoms with Crippen LogP contribution in [-0.4, -0.2) is 58.8 Å². The number of carbonyl (C=O) groups is 1. The van der Waals surface area contributed by atoms with Gasteiger partial charge in [0.05, 0.1) is 0 Å². The number of rotatable bonds is 9. The number of nitrogens with one attached hydrogen (secondary N) is 2. The second-order valence-electron chi connectivity index (χ2n) is 11.6. The molecule has 2 aliphatic carbocycles. The number of aliphatic hydroxyl groups excluding tert-OH is 1. The number of benzene rings is 2. The van der Waals surface area contributed by atoms with E-state index >= 15 is 4.39 Å². The van der Waals surface area contributed by atoms with Gasteiger partial charge in [0.15, 0.2) is 0 Å². The van der Waals surface area contributed by atoms with Crippen LogP contribution >= 0.6 is 0 Å². The van der Waals surface area contributed by atoms with Crippen LogP contribution in [0.25, 0.3) is 21.9 Å². The van der Waals surface area contributed by atoms with Gasteiger partial charge in [-0.1, -0.05) is 6.07 Å². The van der Waals surface area contributed by atoms with E-state index in [-0.39, 0.29) is 30.2 Å². The fraction of sp³-hybridized carbons (Fsp3) is 0.484. The number of aliphatic hydroxyl groups is 1. The monoisotopic (exact) mass is 532 g/mol. The number of fused-ring (bicyclic) bond motifs is 1. The highest BCUT2D eigenvalue weighted by atomic mass is 19.1. The summed E-state index contributed by atoms with van der Waals surface area (Å²) in [7, 11) is 0. The summed E-state index contributed by atoms with van der Waals surface area (Å²) >= 11 is 0. The molecule has 1 aliphatic heterocycles. The highest BCUT2D eigenvalue weighted by Gasteiger charge is 2.26. The molecule has 8 heteroatoms. The minimum Gasteiger partial charge on any atom is -0.396 e. The molecule has 1 unspecified atom stereocenters. The number of hydrogen-bond donors (Lipinski definition) is 3. The number of amides is 1. The van der Waals surface area contributed by atoms with Crippen molar-refractivity contribution in [2.45, 2.75) is 64.2 Å². The summed E-state index contributed by atoms with van der Waals surface area (Å²) in [6.45, 7) is 5.86. The first-order chi connectivity index (χ1) is 18.9. The summed E-state index contributed by atoms with van der Waals surface area (Å²) in [5.41, 5.74) is 3.32. The molecule has 206 valence electrons. The van der Waals surface area contributed by atoms with Crippen LogP contribution in [0.3, 0.4) is 0 Å². The number of nitrogens with zero attached hydrogens (tertiary/aromatic N) is 2. The number of pyridine rings is 1. The molecule has 7 nitrogen and oxygen atoms in total. The lowest BCUT2D eigenvalue weighted by Crippen LogP contribution is -2.50. The number of carbonyl (C=O) groups excluding carboxylic acids is 1. The summed E-state index contributed by atoms with van der Waals surface area (Å²) in [6, 6.07) is 9.23. The Morgan fingerprint density at radius 2 is 1.97 bits per heavy atom. The Balaban J connectivity index is 1.40. The van der Waals surface area contributed by atoms with Crippen LogP contribution in [-0.2, 0) is 13.1 Å². The van der Waals surface area contributed by atoms with Gasteiger partial charge >= 0.3 is 0 Å². The average Bonchev–Trinajstić information content (AvgIpc) is 3.86. The van der Waals surface area contributed by atoms with Gasteiger partial charge in [0.25, 0.3) is 11.5 Å². The van der Waals surface area contributed by atoms with Crippen LogP contribution in [0.5, 0.6) is 0 Å². The zero-order valence-electron chi connectivity index (χ0n) is 22.5. The van der Waals surface area contributed by atoms with Crippen LogP contribution in [0.2, 0.25) is 0 Å². The van der Waals surface area contributed by atoms with Gasteiger partial charge in [-0.25, -0.2) is 4.39 Å². The molecule has 2 saturated carbocycles. The third-order valence-electron chi connectivity index (χ3n) is 8.36. The maximum Gasteiger partial charge on any atom is 0.258 e. The van der Waals surface area contributed by atoms with E-state index in [1.54, 1.807) is 13.0 Å². The van der Waals surface area contributed by atoms with E-state index in [0.717, 1.165) is 68.4 Å². The molecule has 1 atom stereocenters. The van der Waals surface area contributed by atoms with Crippen molar-refractivity contribution >= 4 is 16.7 Å².